The van der Waals surface area contributed by atoms with Gasteiger partial charge in [-0.25, -0.2) is 0 Å². The van der Waals surface area contributed by atoms with Crippen LogP contribution < -0.4 is 10.9 Å². The van der Waals surface area contributed by atoms with Gasteiger partial charge in [0.1, 0.15) is 0 Å². The number of aromatic nitrogens is 1. The summed E-state index contributed by atoms with van der Waals surface area (Å²) in [6.45, 7) is 1.46. The number of benzene rings is 2. The summed E-state index contributed by atoms with van der Waals surface area (Å²) in [6, 6.07) is 17.9. The van der Waals surface area contributed by atoms with Crippen LogP contribution in [0.1, 0.15) is 6.92 Å². The molecule has 1 aromatic heterocycles. The van der Waals surface area contributed by atoms with E-state index in [1.165, 1.54) is 6.92 Å². The summed E-state index contributed by atoms with van der Waals surface area (Å²) in [5, 5.41) is 2.07. The predicted molar refractivity (Wildman–Crippen MR) is 97.4 cm³/mol. The number of rotatable bonds is 4. The standard InChI is InChI=1S/C17H15N3OS2/c1-12(21)18-19-14-7-9-15(10-8-14)20-16(11-23-17(20)22)13-5-3-2-4-6-13/h2-11,19H,1H3,(H,18,21). The number of hydrogen-bond donors (Lipinski definition) is 2. The van der Waals surface area contributed by atoms with Crippen molar-refractivity contribution in [1.29, 1.82) is 0 Å². The fraction of sp³-hybridized carbons (Fsp3) is 0.0588. The molecule has 0 bridgehead atoms. The molecule has 0 atom stereocenters. The van der Waals surface area contributed by atoms with Crippen LogP contribution in [-0.2, 0) is 4.79 Å². The van der Waals surface area contributed by atoms with E-state index in [1.807, 2.05) is 42.5 Å². The topological polar surface area (TPSA) is 46.1 Å². The van der Waals surface area contributed by atoms with Crippen LogP contribution >= 0.6 is 23.6 Å². The first-order chi connectivity index (χ1) is 11.1. The first kappa shape index (κ1) is 15.5. The molecule has 0 radical (unpaired) electrons. The number of carbonyl (C=O) groups excluding carboxylic acids is 1. The van der Waals surface area contributed by atoms with Gasteiger partial charge < -0.3 is 0 Å². The van der Waals surface area contributed by atoms with Gasteiger partial charge in [-0.05, 0) is 42.0 Å². The number of thiazole rings is 1. The molecule has 0 saturated heterocycles. The van der Waals surface area contributed by atoms with Gasteiger partial charge in [0, 0.05) is 18.0 Å². The van der Waals surface area contributed by atoms with Crippen molar-refractivity contribution >= 4 is 35.1 Å². The molecule has 3 rings (SSSR count). The Hall–Kier alpha value is -2.44. The van der Waals surface area contributed by atoms with Crippen molar-refractivity contribution in [2.24, 2.45) is 0 Å². The largest absolute Gasteiger partial charge is 0.299 e. The van der Waals surface area contributed by atoms with Crippen LogP contribution in [0.2, 0.25) is 0 Å². The van der Waals surface area contributed by atoms with Gasteiger partial charge in [0.2, 0.25) is 5.91 Å². The molecular formula is C17H15N3OS2. The fourth-order valence-electron chi connectivity index (χ4n) is 2.21. The lowest BCUT2D eigenvalue weighted by atomic mass is 10.1. The molecule has 0 unspecified atom stereocenters. The number of nitrogens with one attached hydrogen (secondary N) is 2. The van der Waals surface area contributed by atoms with E-state index in [0.29, 0.717) is 0 Å². The molecule has 0 fully saturated rings. The highest BCUT2D eigenvalue weighted by Crippen LogP contribution is 2.27. The Labute approximate surface area is 143 Å². The summed E-state index contributed by atoms with van der Waals surface area (Å²) in [5.74, 6) is -0.138. The lowest BCUT2D eigenvalue weighted by molar-refractivity contribution is -0.118. The second kappa shape index (κ2) is 6.76. The lowest BCUT2D eigenvalue weighted by Crippen LogP contribution is -2.26. The van der Waals surface area contributed by atoms with E-state index in [-0.39, 0.29) is 5.91 Å². The minimum Gasteiger partial charge on any atom is -0.299 e. The molecule has 6 heteroatoms. The zero-order valence-corrected chi connectivity index (χ0v) is 14.1. The molecule has 0 aliphatic heterocycles. The summed E-state index contributed by atoms with van der Waals surface area (Å²) in [6.07, 6.45) is 0. The molecular weight excluding hydrogens is 326 g/mol. The molecule has 4 nitrogen and oxygen atoms in total. The first-order valence-corrected chi connectivity index (χ1v) is 8.33. The average molecular weight is 341 g/mol. The first-order valence-electron chi connectivity index (χ1n) is 7.04. The summed E-state index contributed by atoms with van der Waals surface area (Å²) < 4.78 is 2.85. The van der Waals surface area contributed by atoms with Crippen molar-refractivity contribution in [3.05, 3.63) is 63.9 Å². The molecule has 2 N–H and O–H groups in total. The molecule has 0 aliphatic rings. The third-order valence-electron chi connectivity index (χ3n) is 3.27. The molecule has 1 heterocycles. The minimum atomic E-state index is -0.138. The normalized spacial score (nSPS) is 10.3. The quantitative estimate of drug-likeness (QED) is 0.546. The smallest absolute Gasteiger partial charge is 0.235 e. The second-order valence-electron chi connectivity index (χ2n) is 4.94. The van der Waals surface area contributed by atoms with Crippen LogP contribution in [0.25, 0.3) is 16.9 Å². The van der Waals surface area contributed by atoms with Gasteiger partial charge in [-0.15, -0.1) is 11.3 Å². The Morgan fingerprint density at radius 3 is 2.43 bits per heavy atom. The van der Waals surface area contributed by atoms with E-state index in [0.717, 1.165) is 26.6 Å². The Kier molecular flexibility index (Phi) is 4.55. The van der Waals surface area contributed by atoms with Crippen LogP contribution in [0.3, 0.4) is 0 Å². The van der Waals surface area contributed by atoms with E-state index in [9.17, 15) is 4.79 Å². The number of amides is 1. The van der Waals surface area contributed by atoms with Gasteiger partial charge in [-0.3, -0.25) is 20.2 Å². The maximum Gasteiger partial charge on any atom is 0.235 e. The zero-order valence-electron chi connectivity index (χ0n) is 12.4. The van der Waals surface area contributed by atoms with Gasteiger partial charge in [0.05, 0.1) is 11.4 Å². The van der Waals surface area contributed by atoms with E-state index < -0.39 is 0 Å². The molecule has 2 aromatic carbocycles. The molecule has 116 valence electrons. The Bertz CT molecular complexity index is 867. The third-order valence-corrected chi connectivity index (χ3v) is 4.47. The molecule has 0 saturated carbocycles. The summed E-state index contributed by atoms with van der Waals surface area (Å²) >= 11 is 7.03. The number of hydrazine groups is 1. The second-order valence-corrected chi connectivity index (χ2v) is 6.44. The van der Waals surface area contributed by atoms with Crippen LogP contribution in [0.4, 0.5) is 5.69 Å². The molecule has 1 amide bonds. The maximum atomic E-state index is 10.9. The highest BCUT2D eigenvalue weighted by atomic mass is 32.1. The number of anilines is 1. The van der Waals surface area contributed by atoms with E-state index in [2.05, 4.69) is 32.9 Å². The molecule has 23 heavy (non-hydrogen) atoms. The summed E-state index contributed by atoms with van der Waals surface area (Å²) in [7, 11) is 0. The predicted octanol–water partition coefficient (Wildman–Crippen LogP) is 4.40. The van der Waals surface area contributed by atoms with Gasteiger partial charge in [-0.2, -0.15) is 0 Å². The number of carbonyl (C=O) groups is 1. The van der Waals surface area contributed by atoms with Crippen molar-refractivity contribution in [2.75, 3.05) is 5.43 Å². The lowest BCUT2D eigenvalue weighted by Gasteiger charge is -2.11. The fourth-order valence-corrected chi connectivity index (χ4v) is 3.33. The highest BCUT2D eigenvalue weighted by molar-refractivity contribution is 7.73. The van der Waals surface area contributed by atoms with Gasteiger partial charge >= 0.3 is 0 Å². The third kappa shape index (κ3) is 3.49. The van der Waals surface area contributed by atoms with E-state index >= 15 is 0 Å². The summed E-state index contributed by atoms with van der Waals surface area (Å²) in [5.41, 5.74) is 9.39. The van der Waals surface area contributed by atoms with Crippen molar-refractivity contribution in [2.45, 2.75) is 6.92 Å². The van der Waals surface area contributed by atoms with Gasteiger partial charge in [0.15, 0.2) is 3.95 Å². The molecule has 0 aliphatic carbocycles. The number of hydrogen-bond acceptors (Lipinski definition) is 4. The van der Waals surface area contributed by atoms with Crippen LogP contribution in [0, 0.1) is 3.95 Å². The number of nitrogens with zero attached hydrogens (tertiary/aromatic N) is 1. The molecule has 0 spiro atoms. The van der Waals surface area contributed by atoms with Crippen LogP contribution in [-0.4, -0.2) is 10.5 Å². The Morgan fingerprint density at radius 1 is 1.09 bits per heavy atom. The Morgan fingerprint density at radius 2 is 1.78 bits per heavy atom. The van der Waals surface area contributed by atoms with Crippen LogP contribution in [0.15, 0.2) is 60.0 Å². The van der Waals surface area contributed by atoms with Crippen LogP contribution in [0.5, 0.6) is 0 Å². The van der Waals surface area contributed by atoms with Gasteiger partial charge in [0.25, 0.3) is 0 Å². The van der Waals surface area contributed by atoms with Gasteiger partial charge in [-0.1, -0.05) is 30.3 Å². The Balaban J connectivity index is 1.95. The van der Waals surface area contributed by atoms with E-state index in [1.54, 1.807) is 11.3 Å². The molecule has 3 aromatic rings. The SMILES string of the molecule is CC(=O)NNc1ccc(-n2c(-c3ccccc3)csc2=S)cc1. The minimum absolute atomic E-state index is 0.138. The average Bonchev–Trinajstić information content (AvgIpc) is 2.96. The van der Waals surface area contributed by atoms with Crippen molar-refractivity contribution < 1.29 is 4.79 Å². The van der Waals surface area contributed by atoms with E-state index in [4.69, 9.17) is 12.2 Å². The van der Waals surface area contributed by atoms with Crippen molar-refractivity contribution in [1.82, 2.24) is 9.99 Å². The zero-order chi connectivity index (χ0) is 16.2. The maximum absolute atomic E-state index is 10.9. The highest BCUT2D eigenvalue weighted by Gasteiger charge is 2.08. The van der Waals surface area contributed by atoms with Crippen molar-refractivity contribution in [3.8, 4) is 16.9 Å². The van der Waals surface area contributed by atoms with Crippen molar-refractivity contribution in [3.63, 3.8) is 0 Å². The summed E-state index contributed by atoms with van der Waals surface area (Å²) in [4.78, 5) is 10.9. The monoisotopic (exact) mass is 341 g/mol.